The molecule has 9 rings (SSSR count). The van der Waals surface area contributed by atoms with Crippen molar-refractivity contribution in [2.75, 3.05) is 0 Å². The van der Waals surface area contributed by atoms with Gasteiger partial charge in [0, 0.05) is 22.1 Å². The molecule has 2 aliphatic carbocycles. The van der Waals surface area contributed by atoms with Crippen LogP contribution in [0.2, 0.25) is 0 Å². The summed E-state index contributed by atoms with van der Waals surface area (Å²) in [6, 6.07) is 49.5. The Labute approximate surface area is 269 Å². The first-order valence-electron chi connectivity index (χ1n) is 15.9. The topological polar surface area (TPSA) is 38.7 Å². The molecule has 0 radical (unpaired) electrons. The van der Waals surface area contributed by atoms with Gasteiger partial charge in [-0.15, -0.1) is 0 Å². The van der Waals surface area contributed by atoms with Gasteiger partial charge in [0.2, 0.25) is 0 Å². The summed E-state index contributed by atoms with van der Waals surface area (Å²) in [4.78, 5) is 14.8. The third kappa shape index (κ3) is 4.16. The Hall–Kier alpha value is -5.67. The smallest absolute Gasteiger partial charge is 0.164 e. The van der Waals surface area contributed by atoms with Crippen LogP contribution in [0.4, 0.5) is 0 Å². The standard InChI is InChI=1S/C43H31N3/c1-43(2)37-23-22-34-33-19-10-9-16-31(33)25-36(34)39(37)35-21-20-30(26-38(35)43)29-17-11-18-32(24-29)42-45-40(27-12-5-3-6-13-27)44-41(46-42)28-14-7-4-8-15-28/h3-24,26H,25H2,1-2H3. The summed E-state index contributed by atoms with van der Waals surface area (Å²) in [6.07, 6.45) is 0.996. The molecule has 0 atom stereocenters. The Kier molecular flexibility index (Phi) is 5.91. The summed E-state index contributed by atoms with van der Waals surface area (Å²) in [5, 5.41) is 0. The zero-order valence-corrected chi connectivity index (χ0v) is 25.8. The number of fused-ring (bicyclic) bond motifs is 7. The first kappa shape index (κ1) is 26.7. The Morgan fingerprint density at radius 2 is 1.00 bits per heavy atom. The molecule has 0 unspecified atom stereocenters. The van der Waals surface area contributed by atoms with E-state index in [-0.39, 0.29) is 5.41 Å². The van der Waals surface area contributed by atoms with Crippen molar-refractivity contribution in [2.45, 2.75) is 25.7 Å². The van der Waals surface area contributed by atoms with Crippen LogP contribution < -0.4 is 0 Å². The molecular weight excluding hydrogens is 558 g/mol. The molecule has 1 aromatic heterocycles. The normalized spacial score (nSPS) is 13.5. The molecule has 3 nitrogen and oxygen atoms in total. The summed E-state index contributed by atoms with van der Waals surface area (Å²) in [5.41, 5.74) is 16.4. The van der Waals surface area contributed by atoms with E-state index in [9.17, 15) is 0 Å². The fourth-order valence-electron chi connectivity index (χ4n) is 7.42. The van der Waals surface area contributed by atoms with E-state index in [1.165, 1.54) is 50.1 Å². The highest BCUT2D eigenvalue weighted by atomic mass is 15.0. The van der Waals surface area contributed by atoms with Gasteiger partial charge in [-0.2, -0.15) is 0 Å². The second-order valence-corrected chi connectivity index (χ2v) is 12.9. The molecule has 6 aromatic carbocycles. The van der Waals surface area contributed by atoms with Gasteiger partial charge in [-0.05, 0) is 74.2 Å². The lowest BCUT2D eigenvalue weighted by Crippen LogP contribution is -2.15. The predicted molar refractivity (Wildman–Crippen MR) is 187 cm³/mol. The Balaban J connectivity index is 1.14. The highest BCUT2D eigenvalue weighted by molar-refractivity contribution is 5.92. The van der Waals surface area contributed by atoms with Crippen LogP contribution in [0.3, 0.4) is 0 Å². The highest BCUT2D eigenvalue weighted by Crippen LogP contribution is 2.54. The molecule has 0 saturated heterocycles. The van der Waals surface area contributed by atoms with Gasteiger partial charge in [0.1, 0.15) is 0 Å². The van der Waals surface area contributed by atoms with Crippen LogP contribution in [-0.2, 0) is 11.8 Å². The largest absolute Gasteiger partial charge is 0.208 e. The van der Waals surface area contributed by atoms with E-state index in [0.717, 1.165) is 28.7 Å². The minimum Gasteiger partial charge on any atom is -0.208 e. The third-order valence-electron chi connectivity index (χ3n) is 9.78. The maximum Gasteiger partial charge on any atom is 0.164 e. The molecule has 0 fully saturated rings. The lowest BCUT2D eigenvalue weighted by Gasteiger charge is -2.22. The molecular formula is C43H31N3. The van der Waals surface area contributed by atoms with E-state index in [4.69, 9.17) is 15.0 Å². The van der Waals surface area contributed by atoms with Gasteiger partial charge >= 0.3 is 0 Å². The highest BCUT2D eigenvalue weighted by Gasteiger charge is 2.39. The van der Waals surface area contributed by atoms with Crippen LogP contribution in [0.1, 0.15) is 36.1 Å². The Bertz CT molecular complexity index is 2240. The summed E-state index contributed by atoms with van der Waals surface area (Å²) >= 11 is 0. The SMILES string of the molecule is CC1(C)c2cc(-c3cccc(-c4nc(-c5ccccc5)nc(-c5ccccc5)n4)c3)ccc2-c2c1ccc1c2Cc2ccccc2-1. The zero-order chi connectivity index (χ0) is 30.8. The number of benzene rings is 6. The lowest BCUT2D eigenvalue weighted by molar-refractivity contribution is 0.660. The number of rotatable bonds is 4. The molecule has 0 bridgehead atoms. The first-order valence-corrected chi connectivity index (χ1v) is 15.9. The van der Waals surface area contributed by atoms with E-state index in [1.807, 2.05) is 60.7 Å². The van der Waals surface area contributed by atoms with Crippen molar-refractivity contribution in [3.63, 3.8) is 0 Å². The van der Waals surface area contributed by atoms with Crippen molar-refractivity contribution in [3.05, 3.63) is 162 Å². The van der Waals surface area contributed by atoms with Gasteiger partial charge < -0.3 is 0 Å². The fourth-order valence-corrected chi connectivity index (χ4v) is 7.42. The van der Waals surface area contributed by atoms with Gasteiger partial charge in [0.25, 0.3) is 0 Å². The van der Waals surface area contributed by atoms with Crippen LogP contribution in [0.15, 0.2) is 140 Å². The minimum atomic E-state index is -0.0918. The number of hydrogen-bond acceptors (Lipinski definition) is 3. The molecule has 218 valence electrons. The van der Waals surface area contributed by atoms with Crippen molar-refractivity contribution in [3.8, 4) is 67.5 Å². The molecule has 7 aromatic rings. The monoisotopic (exact) mass is 589 g/mol. The van der Waals surface area contributed by atoms with Gasteiger partial charge in [0.05, 0.1) is 0 Å². The lowest BCUT2D eigenvalue weighted by atomic mass is 9.81. The van der Waals surface area contributed by atoms with Gasteiger partial charge in [-0.3, -0.25) is 0 Å². The molecule has 0 aliphatic heterocycles. The average molecular weight is 590 g/mol. The number of nitrogens with zero attached hydrogens (tertiary/aromatic N) is 3. The second-order valence-electron chi connectivity index (χ2n) is 12.9. The van der Waals surface area contributed by atoms with Crippen molar-refractivity contribution >= 4 is 0 Å². The predicted octanol–water partition coefficient (Wildman–Crippen LogP) is 10.4. The first-order chi connectivity index (χ1) is 22.5. The molecule has 46 heavy (non-hydrogen) atoms. The van der Waals surface area contributed by atoms with Gasteiger partial charge in [-0.1, -0.05) is 141 Å². The van der Waals surface area contributed by atoms with Gasteiger partial charge in [0.15, 0.2) is 17.5 Å². The third-order valence-corrected chi connectivity index (χ3v) is 9.78. The van der Waals surface area contributed by atoms with Crippen molar-refractivity contribution in [2.24, 2.45) is 0 Å². The number of hydrogen-bond donors (Lipinski definition) is 0. The fraction of sp³-hybridized carbons (Fsp3) is 0.0930. The van der Waals surface area contributed by atoms with Crippen LogP contribution in [0, 0.1) is 0 Å². The van der Waals surface area contributed by atoms with Crippen LogP contribution in [-0.4, -0.2) is 15.0 Å². The minimum absolute atomic E-state index is 0.0918. The van der Waals surface area contributed by atoms with E-state index >= 15 is 0 Å². The quantitative estimate of drug-likeness (QED) is 0.205. The Morgan fingerprint density at radius 1 is 0.435 bits per heavy atom. The molecule has 0 N–H and O–H groups in total. The van der Waals surface area contributed by atoms with Gasteiger partial charge in [-0.25, -0.2) is 15.0 Å². The summed E-state index contributed by atoms with van der Waals surface area (Å²) in [5.74, 6) is 2.00. The molecule has 2 aliphatic rings. The van der Waals surface area contributed by atoms with E-state index < -0.39 is 0 Å². The van der Waals surface area contributed by atoms with Crippen molar-refractivity contribution in [1.29, 1.82) is 0 Å². The second kappa shape index (κ2) is 10.2. The van der Waals surface area contributed by atoms with E-state index in [1.54, 1.807) is 0 Å². The van der Waals surface area contributed by atoms with Crippen molar-refractivity contribution < 1.29 is 0 Å². The molecule has 1 heterocycles. The van der Waals surface area contributed by atoms with Crippen LogP contribution in [0.5, 0.6) is 0 Å². The van der Waals surface area contributed by atoms with E-state index in [0.29, 0.717) is 17.5 Å². The summed E-state index contributed by atoms with van der Waals surface area (Å²) in [6.45, 7) is 4.74. The zero-order valence-electron chi connectivity index (χ0n) is 25.8. The molecule has 0 amide bonds. The van der Waals surface area contributed by atoms with E-state index in [2.05, 4.69) is 92.7 Å². The van der Waals surface area contributed by atoms with Crippen LogP contribution >= 0.6 is 0 Å². The Morgan fingerprint density at radius 3 is 1.72 bits per heavy atom. The summed E-state index contributed by atoms with van der Waals surface area (Å²) < 4.78 is 0. The maximum absolute atomic E-state index is 4.97. The van der Waals surface area contributed by atoms with Crippen molar-refractivity contribution in [1.82, 2.24) is 15.0 Å². The molecule has 0 saturated carbocycles. The molecule has 0 spiro atoms. The average Bonchev–Trinajstić information content (AvgIpc) is 3.61. The summed E-state index contributed by atoms with van der Waals surface area (Å²) in [7, 11) is 0. The maximum atomic E-state index is 4.97. The van der Waals surface area contributed by atoms with Crippen LogP contribution in [0.25, 0.3) is 67.5 Å². The number of aromatic nitrogens is 3. The molecule has 3 heteroatoms.